The summed E-state index contributed by atoms with van der Waals surface area (Å²) in [5.74, 6) is -2.08. The molecule has 1 aromatic rings. The zero-order valence-corrected chi connectivity index (χ0v) is 11.6. The van der Waals surface area contributed by atoms with Crippen LogP contribution in [-0.4, -0.2) is 18.5 Å². The molecule has 0 aliphatic carbocycles. The van der Waals surface area contributed by atoms with Gasteiger partial charge in [-0.3, -0.25) is 0 Å². The summed E-state index contributed by atoms with van der Waals surface area (Å²) >= 11 is 5.68. The molecule has 1 nitrogen and oxygen atoms in total. The van der Waals surface area contributed by atoms with Crippen molar-refractivity contribution in [3.8, 4) is 0 Å². The van der Waals surface area contributed by atoms with Crippen molar-refractivity contribution in [2.75, 3.05) is 12.4 Å². The molecular weight excluding hydrogens is 256 g/mol. The van der Waals surface area contributed by atoms with Crippen LogP contribution in [-0.2, 0) is 5.92 Å². The van der Waals surface area contributed by atoms with Crippen LogP contribution in [0.2, 0.25) is 0 Å². The van der Waals surface area contributed by atoms with Crippen LogP contribution >= 0.6 is 11.6 Å². The van der Waals surface area contributed by atoms with Gasteiger partial charge in [0.05, 0.1) is 6.54 Å². The van der Waals surface area contributed by atoms with Crippen molar-refractivity contribution in [1.82, 2.24) is 5.32 Å². The first-order valence-corrected chi connectivity index (χ1v) is 6.73. The third-order valence-corrected chi connectivity index (χ3v) is 3.23. The molecule has 4 heteroatoms. The fraction of sp³-hybridized carbons (Fsp3) is 0.571. The minimum absolute atomic E-state index is 0.0251. The molecule has 0 fully saturated rings. The molecule has 0 spiro atoms. The molecule has 0 aromatic heterocycles. The van der Waals surface area contributed by atoms with Gasteiger partial charge in [-0.05, 0) is 12.3 Å². The molecule has 0 saturated carbocycles. The lowest BCUT2D eigenvalue weighted by Gasteiger charge is -2.25. The van der Waals surface area contributed by atoms with E-state index in [0.717, 1.165) is 0 Å². The minimum atomic E-state index is -2.85. The Labute approximate surface area is 113 Å². The fourth-order valence-electron chi connectivity index (χ4n) is 1.83. The second-order valence-corrected chi connectivity index (χ2v) is 5.16. The number of hydrogen-bond acceptors (Lipinski definition) is 1. The van der Waals surface area contributed by atoms with Gasteiger partial charge in [0.15, 0.2) is 0 Å². The molecule has 18 heavy (non-hydrogen) atoms. The van der Waals surface area contributed by atoms with Crippen LogP contribution in [0.5, 0.6) is 0 Å². The van der Waals surface area contributed by atoms with Crippen molar-refractivity contribution in [2.45, 2.75) is 32.2 Å². The molecule has 0 radical (unpaired) electrons. The van der Waals surface area contributed by atoms with Crippen LogP contribution in [0.1, 0.15) is 25.8 Å². The van der Waals surface area contributed by atoms with Crippen molar-refractivity contribution < 1.29 is 8.78 Å². The van der Waals surface area contributed by atoms with E-state index in [-0.39, 0.29) is 24.1 Å². The Hall–Kier alpha value is -0.670. The van der Waals surface area contributed by atoms with E-state index in [9.17, 15) is 8.78 Å². The van der Waals surface area contributed by atoms with Crippen molar-refractivity contribution in [3.63, 3.8) is 0 Å². The molecule has 1 unspecified atom stereocenters. The largest absolute Gasteiger partial charge is 0.308 e. The van der Waals surface area contributed by atoms with E-state index in [2.05, 4.69) is 5.32 Å². The topological polar surface area (TPSA) is 12.0 Å². The lowest BCUT2D eigenvalue weighted by atomic mass is 10.0. The molecule has 0 saturated heterocycles. The van der Waals surface area contributed by atoms with Crippen LogP contribution in [0.25, 0.3) is 0 Å². The summed E-state index contributed by atoms with van der Waals surface area (Å²) in [6, 6.07) is 7.92. The predicted molar refractivity (Wildman–Crippen MR) is 72.3 cm³/mol. The fourth-order valence-corrected chi connectivity index (χ4v) is 2.07. The Morgan fingerprint density at radius 3 is 2.33 bits per heavy atom. The van der Waals surface area contributed by atoms with Crippen LogP contribution < -0.4 is 5.32 Å². The molecule has 0 aliphatic heterocycles. The van der Waals surface area contributed by atoms with Crippen LogP contribution in [0.4, 0.5) is 8.78 Å². The number of benzene rings is 1. The maximum atomic E-state index is 13.9. The van der Waals surface area contributed by atoms with Crippen molar-refractivity contribution in [2.24, 2.45) is 5.92 Å². The smallest absolute Gasteiger partial charge is 0.285 e. The lowest BCUT2D eigenvalue weighted by molar-refractivity contribution is -0.00715. The first kappa shape index (κ1) is 15.4. The quantitative estimate of drug-likeness (QED) is 0.741. The average molecular weight is 276 g/mol. The zero-order valence-electron chi connectivity index (χ0n) is 10.8. The SMILES string of the molecule is CC(C)C(CCCl)NCC(F)(F)c1ccccc1. The van der Waals surface area contributed by atoms with Gasteiger partial charge in [-0.25, -0.2) is 0 Å². The number of halogens is 3. The highest BCUT2D eigenvalue weighted by molar-refractivity contribution is 6.17. The highest BCUT2D eigenvalue weighted by Crippen LogP contribution is 2.27. The number of nitrogens with one attached hydrogen (secondary N) is 1. The third kappa shape index (κ3) is 4.54. The molecular formula is C14H20ClF2N. The van der Waals surface area contributed by atoms with Crippen LogP contribution in [0.15, 0.2) is 30.3 Å². The van der Waals surface area contributed by atoms with E-state index < -0.39 is 5.92 Å². The van der Waals surface area contributed by atoms with Gasteiger partial charge in [-0.1, -0.05) is 44.2 Å². The average Bonchev–Trinajstić information content (AvgIpc) is 2.35. The van der Waals surface area contributed by atoms with Gasteiger partial charge in [-0.15, -0.1) is 11.6 Å². The molecule has 0 bridgehead atoms. The van der Waals surface area contributed by atoms with Gasteiger partial charge in [0.2, 0.25) is 0 Å². The Kier molecular flexibility index (Phi) is 6.03. The van der Waals surface area contributed by atoms with Gasteiger partial charge >= 0.3 is 0 Å². The summed E-state index contributed by atoms with van der Waals surface area (Å²) in [4.78, 5) is 0. The number of hydrogen-bond donors (Lipinski definition) is 1. The first-order valence-electron chi connectivity index (χ1n) is 6.20. The lowest BCUT2D eigenvalue weighted by Crippen LogP contribution is -2.41. The van der Waals surface area contributed by atoms with Crippen molar-refractivity contribution in [3.05, 3.63) is 35.9 Å². The van der Waals surface area contributed by atoms with E-state index in [0.29, 0.717) is 12.3 Å². The summed E-state index contributed by atoms with van der Waals surface area (Å²) in [5.41, 5.74) is 0.0471. The summed E-state index contributed by atoms with van der Waals surface area (Å²) in [6.07, 6.45) is 0.699. The second-order valence-electron chi connectivity index (χ2n) is 4.78. The molecule has 102 valence electrons. The van der Waals surface area contributed by atoms with Crippen molar-refractivity contribution in [1.29, 1.82) is 0 Å². The van der Waals surface area contributed by atoms with E-state index in [1.165, 1.54) is 12.1 Å². The summed E-state index contributed by atoms with van der Waals surface area (Å²) < 4.78 is 27.8. The van der Waals surface area contributed by atoms with E-state index in [4.69, 9.17) is 11.6 Å². The first-order chi connectivity index (χ1) is 8.47. The maximum Gasteiger partial charge on any atom is 0.285 e. The molecule has 1 aromatic carbocycles. The summed E-state index contributed by atoms with van der Waals surface area (Å²) in [6.45, 7) is 3.66. The Morgan fingerprint density at radius 1 is 1.22 bits per heavy atom. The highest BCUT2D eigenvalue weighted by Gasteiger charge is 2.32. The number of rotatable bonds is 7. The van der Waals surface area contributed by atoms with Gasteiger partial charge in [0.25, 0.3) is 5.92 Å². The standard InChI is InChI=1S/C14H20ClF2N/c1-11(2)13(8-9-15)18-10-14(16,17)12-6-4-3-5-7-12/h3-7,11,13,18H,8-10H2,1-2H3. The molecule has 0 aliphatic rings. The minimum Gasteiger partial charge on any atom is -0.308 e. The monoisotopic (exact) mass is 275 g/mol. The van der Waals surface area contributed by atoms with Gasteiger partial charge < -0.3 is 5.32 Å². The normalized spacial score (nSPS) is 13.9. The third-order valence-electron chi connectivity index (χ3n) is 3.01. The van der Waals surface area contributed by atoms with E-state index in [1.807, 2.05) is 13.8 Å². The molecule has 1 rings (SSSR count). The van der Waals surface area contributed by atoms with Gasteiger partial charge in [-0.2, -0.15) is 8.78 Å². The highest BCUT2D eigenvalue weighted by atomic mass is 35.5. The summed E-state index contributed by atoms with van der Waals surface area (Å²) in [7, 11) is 0. The zero-order chi connectivity index (χ0) is 13.6. The molecule has 0 heterocycles. The van der Waals surface area contributed by atoms with Gasteiger partial charge in [0.1, 0.15) is 0 Å². The molecule has 1 N–H and O–H groups in total. The Morgan fingerprint density at radius 2 is 1.83 bits per heavy atom. The molecule has 1 atom stereocenters. The number of alkyl halides is 3. The maximum absolute atomic E-state index is 13.9. The van der Waals surface area contributed by atoms with E-state index in [1.54, 1.807) is 18.2 Å². The Balaban J connectivity index is 2.60. The second kappa shape index (κ2) is 7.05. The van der Waals surface area contributed by atoms with E-state index >= 15 is 0 Å². The Bertz CT molecular complexity index is 341. The van der Waals surface area contributed by atoms with Crippen molar-refractivity contribution >= 4 is 11.6 Å². The predicted octanol–water partition coefficient (Wildman–Crippen LogP) is 4.02. The van der Waals surface area contributed by atoms with Crippen LogP contribution in [0, 0.1) is 5.92 Å². The summed E-state index contributed by atoms with van der Waals surface area (Å²) in [5, 5.41) is 2.92. The van der Waals surface area contributed by atoms with Gasteiger partial charge in [0, 0.05) is 17.5 Å². The molecule has 0 amide bonds. The van der Waals surface area contributed by atoms with Crippen LogP contribution in [0.3, 0.4) is 0 Å².